The van der Waals surface area contributed by atoms with E-state index < -0.39 is 0 Å². The van der Waals surface area contributed by atoms with Crippen molar-refractivity contribution in [3.63, 3.8) is 0 Å². The lowest BCUT2D eigenvalue weighted by atomic mass is 9.95. The Morgan fingerprint density at radius 1 is 0.938 bits per heavy atom. The number of nitrogens with zero attached hydrogens (tertiary/aromatic N) is 2. The van der Waals surface area contributed by atoms with Crippen molar-refractivity contribution in [2.24, 2.45) is 17.8 Å². The predicted molar refractivity (Wildman–Crippen MR) is 123 cm³/mol. The number of hydrogen-bond donors (Lipinski definition) is 1. The number of ketones is 1. The normalized spacial score (nSPS) is 27.5. The first kappa shape index (κ1) is 21.1. The number of anilines is 2. The number of halogens is 1. The lowest BCUT2D eigenvalue weighted by molar-refractivity contribution is -0.119. The van der Waals surface area contributed by atoms with Gasteiger partial charge in [0.05, 0.1) is 0 Å². The molecule has 168 valence electrons. The molecule has 2 aliphatic heterocycles. The molecule has 3 fully saturated rings. The van der Waals surface area contributed by atoms with Crippen LogP contribution < -0.4 is 10.2 Å². The summed E-state index contributed by atoms with van der Waals surface area (Å²) in [5, 5.41) is 3.04. The fourth-order valence-corrected chi connectivity index (χ4v) is 5.78. The van der Waals surface area contributed by atoms with E-state index in [1.807, 2.05) is 12.1 Å². The van der Waals surface area contributed by atoms with E-state index in [2.05, 4.69) is 34.3 Å². The predicted octanol–water partition coefficient (Wildman–Crippen LogP) is 4.20. The van der Waals surface area contributed by atoms with Gasteiger partial charge in [-0.25, -0.2) is 4.39 Å². The molecule has 0 bridgehead atoms. The summed E-state index contributed by atoms with van der Waals surface area (Å²) >= 11 is 0. The Bertz CT molecular complexity index is 991. The fraction of sp³-hybridized carbons (Fsp3) is 0.462. The molecule has 2 aromatic carbocycles. The molecule has 2 saturated heterocycles. The van der Waals surface area contributed by atoms with E-state index in [1.54, 1.807) is 0 Å². The lowest BCUT2D eigenvalue weighted by Gasteiger charge is -2.26. The summed E-state index contributed by atoms with van der Waals surface area (Å²) in [6, 6.07) is 14.4. The van der Waals surface area contributed by atoms with Gasteiger partial charge in [0, 0.05) is 54.5 Å². The van der Waals surface area contributed by atoms with Crippen LogP contribution >= 0.6 is 0 Å². The largest absolute Gasteiger partial charge is 0.367 e. The van der Waals surface area contributed by atoms with Crippen LogP contribution in [0.3, 0.4) is 0 Å². The van der Waals surface area contributed by atoms with Gasteiger partial charge in [-0.05, 0) is 87.2 Å². The molecule has 0 radical (unpaired) electrons. The monoisotopic (exact) mass is 435 g/mol. The van der Waals surface area contributed by atoms with Crippen molar-refractivity contribution in [1.82, 2.24) is 4.90 Å². The van der Waals surface area contributed by atoms with E-state index in [9.17, 15) is 14.0 Å². The van der Waals surface area contributed by atoms with Crippen molar-refractivity contribution < 1.29 is 14.0 Å². The van der Waals surface area contributed by atoms with E-state index >= 15 is 0 Å². The highest BCUT2D eigenvalue weighted by Crippen LogP contribution is 2.36. The van der Waals surface area contributed by atoms with Crippen molar-refractivity contribution in [2.45, 2.75) is 31.7 Å². The highest BCUT2D eigenvalue weighted by Gasteiger charge is 2.40. The average Bonchev–Trinajstić information content (AvgIpc) is 3.50. The standard InChI is InChI=1S/C26H30FN3O2/c1-29-15-20-12-13-30(24(20)16-29)23-10-8-22(9-11-23)28-26(32)19-3-2-18(14-19)25(31)17-4-6-21(27)7-5-17/h4-11,18-20,24H,2-3,12-16H2,1H3,(H,28,32)/t18-,19+,20-,24+/m0/s1. The van der Waals surface area contributed by atoms with Gasteiger partial charge in [-0.15, -0.1) is 0 Å². The first-order valence-electron chi connectivity index (χ1n) is 11.6. The number of rotatable bonds is 5. The minimum Gasteiger partial charge on any atom is -0.367 e. The van der Waals surface area contributed by atoms with Crippen LogP contribution in [0.15, 0.2) is 48.5 Å². The quantitative estimate of drug-likeness (QED) is 0.715. The molecule has 1 amide bonds. The fourth-order valence-electron chi connectivity index (χ4n) is 5.78. The number of hydrogen-bond acceptors (Lipinski definition) is 4. The van der Waals surface area contributed by atoms with E-state index in [0.29, 0.717) is 30.9 Å². The van der Waals surface area contributed by atoms with E-state index in [0.717, 1.165) is 24.7 Å². The topological polar surface area (TPSA) is 52.6 Å². The minimum absolute atomic E-state index is 0.00567. The Morgan fingerprint density at radius 3 is 2.41 bits per heavy atom. The molecule has 2 heterocycles. The number of nitrogens with one attached hydrogen (secondary N) is 1. The molecule has 1 aliphatic carbocycles. The van der Waals surface area contributed by atoms with Crippen LogP contribution in [-0.2, 0) is 4.79 Å². The third-order valence-electron chi connectivity index (χ3n) is 7.50. The third-order valence-corrected chi connectivity index (χ3v) is 7.50. The molecule has 0 spiro atoms. The first-order valence-corrected chi connectivity index (χ1v) is 11.6. The van der Waals surface area contributed by atoms with Gasteiger partial charge in [-0.1, -0.05) is 0 Å². The highest BCUT2D eigenvalue weighted by molar-refractivity contribution is 5.99. The van der Waals surface area contributed by atoms with Crippen LogP contribution in [-0.4, -0.2) is 49.3 Å². The number of Topliss-reactive ketones (excluding diaryl/α,β-unsaturated/α-hetero) is 1. The van der Waals surface area contributed by atoms with Gasteiger partial charge in [-0.3, -0.25) is 9.59 Å². The van der Waals surface area contributed by atoms with Crippen molar-refractivity contribution in [3.05, 3.63) is 59.9 Å². The smallest absolute Gasteiger partial charge is 0.227 e. The Kier molecular flexibility index (Phi) is 5.72. The zero-order chi connectivity index (χ0) is 22.2. The van der Waals surface area contributed by atoms with Crippen molar-refractivity contribution >= 4 is 23.1 Å². The Balaban J connectivity index is 1.17. The van der Waals surface area contributed by atoms with Gasteiger partial charge >= 0.3 is 0 Å². The van der Waals surface area contributed by atoms with Gasteiger partial charge in [0.1, 0.15) is 5.82 Å². The van der Waals surface area contributed by atoms with Gasteiger partial charge in [0.15, 0.2) is 5.78 Å². The van der Waals surface area contributed by atoms with E-state index in [-0.39, 0.29) is 29.3 Å². The van der Waals surface area contributed by atoms with Crippen molar-refractivity contribution in [2.75, 3.05) is 36.9 Å². The molecule has 5 nitrogen and oxygen atoms in total. The number of amides is 1. The zero-order valence-corrected chi connectivity index (χ0v) is 18.5. The first-order chi connectivity index (χ1) is 15.5. The molecule has 0 unspecified atom stereocenters. The zero-order valence-electron chi connectivity index (χ0n) is 18.5. The number of fused-ring (bicyclic) bond motifs is 1. The second-order valence-electron chi connectivity index (χ2n) is 9.64. The summed E-state index contributed by atoms with van der Waals surface area (Å²) in [7, 11) is 2.19. The van der Waals surface area contributed by atoms with Gasteiger partial charge in [0.2, 0.25) is 5.91 Å². The molecule has 1 N–H and O–H groups in total. The number of likely N-dealkylation sites (N-methyl/N-ethyl adjacent to an activating group) is 1. The molecule has 32 heavy (non-hydrogen) atoms. The molecular formula is C26H30FN3O2. The summed E-state index contributed by atoms with van der Waals surface area (Å²) in [6.07, 6.45) is 3.18. The van der Waals surface area contributed by atoms with Crippen LogP contribution in [0.1, 0.15) is 36.0 Å². The third kappa shape index (κ3) is 4.16. The van der Waals surface area contributed by atoms with Gasteiger partial charge in [-0.2, -0.15) is 0 Å². The van der Waals surface area contributed by atoms with Crippen LogP contribution in [0.2, 0.25) is 0 Å². The van der Waals surface area contributed by atoms with E-state index in [4.69, 9.17) is 0 Å². The van der Waals surface area contributed by atoms with Crippen molar-refractivity contribution in [1.29, 1.82) is 0 Å². The SMILES string of the molecule is CN1C[C@@H]2CCN(c3ccc(NC(=O)[C@@H]4CC[C@H](C(=O)c5ccc(F)cc5)C4)cc3)[C@@H]2C1. The Morgan fingerprint density at radius 2 is 1.66 bits per heavy atom. The van der Waals surface area contributed by atoms with Crippen LogP contribution in [0.4, 0.5) is 15.8 Å². The molecule has 3 aliphatic rings. The number of likely N-dealkylation sites (tertiary alicyclic amines) is 1. The maximum atomic E-state index is 13.1. The Labute approximate surface area is 188 Å². The van der Waals surface area contributed by atoms with Crippen molar-refractivity contribution in [3.8, 4) is 0 Å². The molecule has 1 saturated carbocycles. The Hall–Kier alpha value is -2.73. The second-order valence-corrected chi connectivity index (χ2v) is 9.64. The number of carbonyl (C=O) groups is 2. The molecular weight excluding hydrogens is 405 g/mol. The molecule has 0 aromatic heterocycles. The molecule has 4 atom stereocenters. The average molecular weight is 436 g/mol. The molecule has 2 aromatic rings. The summed E-state index contributed by atoms with van der Waals surface area (Å²) in [5.41, 5.74) is 2.54. The van der Waals surface area contributed by atoms with Gasteiger partial charge in [0.25, 0.3) is 0 Å². The summed E-state index contributed by atoms with van der Waals surface area (Å²) < 4.78 is 13.1. The van der Waals surface area contributed by atoms with Gasteiger partial charge < -0.3 is 15.1 Å². The minimum atomic E-state index is -0.351. The van der Waals surface area contributed by atoms with E-state index in [1.165, 1.54) is 42.9 Å². The maximum Gasteiger partial charge on any atom is 0.227 e. The maximum absolute atomic E-state index is 13.1. The lowest BCUT2D eigenvalue weighted by Crippen LogP contribution is -2.34. The summed E-state index contributed by atoms with van der Waals surface area (Å²) in [6.45, 7) is 3.39. The highest BCUT2D eigenvalue weighted by atomic mass is 19.1. The molecule has 5 rings (SSSR count). The van der Waals surface area contributed by atoms with Crippen LogP contribution in [0.5, 0.6) is 0 Å². The summed E-state index contributed by atoms with van der Waals surface area (Å²) in [5.74, 6) is 0.0457. The number of benzene rings is 2. The number of carbonyl (C=O) groups excluding carboxylic acids is 2. The second kappa shape index (κ2) is 8.66. The van der Waals surface area contributed by atoms with Crippen LogP contribution in [0.25, 0.3) is 0 Å². The summed E-state index contributed by atoms with van der Waals surface area (Å²) in [4.78, 5) is 30.4. The van der Waals surface area contributed by atoms with Crippen LogP contribution in [0, 0.1) is 23.6 Å². The molecule has 6 heteroatoms.